The van der Waals surface area contributed by atoms with Gasteiger partial charge in [0.25, 0.3) is 0 Å². The Morgan fingerprint density at radius 1 is 0.952 bits per heavy atom. The fourth-order valence-corrected chi connectivity index (χ4v) is 2.37. The molecule has 0 aliphatic rings. The summed E-state index contributed by atoms with van der Waals surface area (Å²) in [5.41, 5.74) is 1.02. The average Bonchev–Trinajstić information content (AvgIpc) is 2.56. The van der Waals surface area contributed by atoms with Gasteiger partial charge >= 0.3 is 0 Å². The molecule has 0 spiro atoms. The Labute approximate surface area is 132 Å². The van der Waals surface area contributed by atoms with E-state index >= 15 is 0 Å². The Kier molecular flexibility index (Phi) is 12.3. The topological polar surface area (TPSA) is 23.5 Å². The molecular formula is C19H35NO. The van der Waals surface area contributed by atoms with Gasteiger partial charge < -0.3 is 5.11 Å². The first-order valence-corrected chi connectivity index (χ1v) is 8.67. The standard InChI is InChI=1S/C17H29NO.C2H6/c1-4-6-13-18(14-7-5-2)15(3)17(19)16-11-9-8-10-12-16;1-2/h8-12,15,17,19H,4-7,13-14H2,1-3H3;1-2H3. The normalized spacial score (nSPS) is 13.5. The predicted molar refractivity (Wildman–Crippen MR) is 93.6 cm³/mol. The fraction of sp³-hybridized carbons (Fsp3) is 0.684. The zero-order valence-corrected chi connectivity index (χ0v) is 14.7. The Morgan fingerprint density at radius 3 is 1.86 bits per heavy atom. The lowest BCUT2D eigenvalue weighted by molar-refractivity contribution is 0.0560. The maximum atomic E-state index is 10.5. The number of aliphatic hydroxyl groups excluding tert-OH is 1. The van der Waals surface area contributed by atoms with Crippen LogP contribution in [-0.4, -0.2) is 29.1 Å². The summed E-state index contributed by atoms with van der Waals surface area (Å²) in [5.74, 6) is 0. The van der Waals surface area contributed by atoms with Crippen molar-refractivity contribution in [3.63, 3.8) is 0 Å². The van der Waals surface area contributed by atoms with E-state index in [4.69, 9.17) is 0 Å². The second-order valence-electron chi connectivity index (χ2n) is 5.34. The molecule has 1 aromatic carbocycles. The van der Waals surface area contributed by atoms with Crippen LogP contribution in [0.15, 0.2) is 30.3 Å². The monoisotopic (exact) mass is 293 g/mol. The molecule has 0 saturated heterocycles. The molecule has 1 N–H and O–H groups in total. The lowest BCUT2D eigenvalue weighted by atomic mass is 10.0. The highest BCUT2D eigenvalue weighted by atomic mass is 16.3. The van der Waals surface area contributed by atoms with Crippen LogP contribution >= 0.6 is 0 Å². The zero-order valence-electron chi connectivity index (χ0n) is 14.7. The molecule has 1 rings (SSSR count). The molecule has 0 radical (unpaired) electrons. The smallest absolute Gasteiger partial charge is 0.0942 e. The van der Waals surface area contributed by atoms with Gasteiger partial charge in [-0.05, 0) is 38.4 Å². The van der Waals surface area contributed by atoms with Gasteiger partial charge in [0.1, 0.15) is 0 Å². The van der Waals surface area contributed by atoms with Gasteiger partial charge in [-0.15, -0.1) is 0 Å². The number of benzene rings is 1. The van der Waals surface area contributed by atoms with Crippen molar-refractivity contribution in [3.8, 4) is 0 Å². The molecule has 21 heavy (non-hydrogen) atoms. The number of aliphatic hydroxyl groups is 1. The number of hydrogen-bond donors (Lipinski definition) is 1. The Hall–Kier alpha value is -0.860. The molecule has 0 aliphatic carbocycles. The second-order valence-corrected chi connectivity index (χ2v) is 5.34. The minimum atomic E-state index is -0.394. The Bertz CT molecular complexity index is 318. The zero-order chi connectivity index (χ0) is 16.1. The predicted octanol–water partition coefficient (Wildman–Crippen LogP) is 5.04. The summed E-state index contributed by atoms with van der Waals surface area (Å²) < 4.78 is 0. The molecule has 0 amide bonds. The molecule has 0 fully saturated rings. The third kappa shape index (κ3) is 7.63. The van der Waals surface area contributed by atoms with E-state index in [0.29, 0.717) is 0 Å². The van der Waals surface area contributed by atoms with Crippen LogP contribution < -0.4 is 0 Å². The van der Waals surface area contributed by atoms with Crippen LogP contribution in [0.25, 0.3) is 0 Å². The van der Waals surface area contributed by atoms with Crippen LogP contribution in [-0.2, 0) is 0 Å². The molecule has 0 aromatic heterocycles. The van der Waals surface area contributed by atoms with Crippen molar-refractivity contribution in [2.24, 2.45) is 0 Å². The van der Waals surface area contributed by atoms with Crippen LogP contribution in [0, 0.1) is 0 Å². The average molecular weight is 293 g/mol. The summed E-state index contributed by atoms with van der Waals surface area (Å²) in [7, 11) is 0. The number of rotatable bonds is 9. The highest BCUT2D eigenvalue weighted by molar-refractivity contribution is 5.18. The molecular weight excluding hydrogens is 258 g/mol. The van der Waals surface area contributed by atoms with Crippen molar-refractivity contribution in [3.05, 3.63) is 35.9 Å². The van der Waals surface area contributed by atoms with Crippen molar-refractivity contribution in [1.29, 1.82) is 0 Å². The van der Waals surface area contributed by atoms with Crippen LogP contribution in [0.1, 0.15) is 72.0 Å². The van der Waals surface area contributed by atoms with Gasteiger partial charge in [-0.1, -0.05) is 70.9 Å². The molecule has 0 aliphatic heterocycles. The van der Waals surface area contributed by atoms with Crippen molar-refractivity contribution in [1.82, 2.24) is 4.90 Å². The van der Waals surface area contributed by atoms with Crippen LogP contribution in [0.2, 0.25) is 0 Å². The molecule has 0 heterocycles. The molecule has 2 nitrogen and oxygen atoms in total. The summed E-state index contributed by atoms with van der Waals surface area (Å²) in [4.78, 5) is 2.44. The molecule has 122 valence electrons. The SMILES string of the molecule is CC.CCCCN(CCCC)C(C)C(O)c1ccccc1. The highest BCUT2D eigenvalue weighted by Gasteiger charge is 2.22. The lowest BCUT2D eigenvalue weighted by Gasteiger charge is -2.32. The molecule has 1 aromatic rings. The van der Waals surface area contributed by atoms with Crippen molar-refractivity contribution < 1.29 is 5.11 Å². The number of hydrogen-bond acceptors (Lipinski definition) is 2. The molecule has 2 atom stereocenters. The maximum Gasteiger partial charge on any atom is 0.0942 e. The minimum absolute atomic E-state index is 0.181. The largest absolute Gasteiger partial charge is 0.387 e. The minimum Gasteiger partial charge on any atom is -0.387 e. The first kappa shape index (κ1) is 20.1. The summed E-state index contributed by atoms with van der Waals surface area (Å²) >= 11 is 0. The van der Waals surface area contributed by atoms with Crippen molar-refractivity contribution in [2.45, 2.75) is 72.4 Å². The molecule has 2 heteroatoms. The van der Waals surface area contributed by atoms with Gasteiger partial charge in [0.2, 0.25) is 0 Å². The van der Waals surface area contributed by atoms with Gasteiger partial charge in [-0.2, -0.15) is 0 Å². The van der Waals surface area contributed by atoms with E-state index in [1.807, 2.05) is 44.2 Å². The van der Waals surface area contributed by atoms with E-state index in [1.54, 1.807) is 0 Å². The summed E-state index contributed by atoms with van der Waals surface area (Å²) in [6.07, 6.45) is 4.42. The quantitative estimate of drug-likeness (QED) is 0.689. The number of unbranched alkanes of at least 4 members (excludes halogenated alkanes) is 2. The molecule has 2 unspecified atom stereocenters. The van der Waals surface area contributed by atoms with Crippen molar-refractivity contribution in [2.75, 3.05) is 13.1 Å². The highest BCUT2D eigenvalue weighted by Crippen LogP contribution is 2.21. The van der Waals surface area contributed by atoms with Crippen LogP contribution in [0.4, 0.5) is 0 Å². The third-order valence-electron chi connectivity index (χ3n) is 3.77. The van der Waals surface area contributed by atoms with E-state index in [2.05, 4.69) is 25.7 Å². The van der Waals surface area contributed by atoms with E-state index in [0.717, 1.165) is 18.7 Å². The third-order valence-corrected chi connectivity index (χ3v) is 3.77. The Balaban J connectivity index is 0.00000191. The fourth-order valence-electron chi connectivity index (χ4n) is 2.37. The van der Waals surface area contributed by atoms with E-state index < -0.39 is 6.10 Å². The maximum absolute atomic E-state index is 10.5. The summed E-state index contributed by atoms with van der Waals surface area (Å²) in [6.45, 7) is 12.7. The number of nitrogens with zero attached hydrogens (tertiary/aromatic N) is 1. The van der Waals surface area contributed by atoms with Gasteiger partial charge in [0, 0.05) is 6.04 Å². The summed E-state index contributed by atoms with van der Waals surface area (Å²) in [6, 6.07) is 10.2. The van der Waals surface area contributed by atoms with Gasteiger partial charge in [0.05, 0.1) is 6.10 Å². The molecule has 0 saturated carbocycles. The van der Waals surface area contributed by atoms with Gasteiger partial charge in [0.15, 0.2) is 0 Å². The molecule has 0 bridgehead atoms. The first-order valence-electron chi connectivity index (χ1n) is 8.67. The van der Waals surface area contributed by atoms with E-state index in [9.17, 15) is 5.11 Å². The first-order chi connectivity index (χ1) is 10.2. The van der Waals surface area contributed by atoms with Crippen LogP contribution in [0.3, 0.4) is 0 Å². The van der Waals surface area contributed by atoms with Crippen LogP contribution in [0.5, 0.6) is 0 Å². The second kappa shape index (κ2) is 12.8. The summed E-state index contributed by atoms with van der Waals surface area (Å²) in [5, 5.41) is 10.5. The van der Waals surface area contributed by atoms with E-state index in [-0.39, 0.29) is 6.04 Å². The van der Waals surface area contributed by atoms with Gasteiger partial charge in [-0.25, -0.2) is 0 Å². The van der Waals surface area contributed by atoms with Gasteiger partial charge in [-0.3, -0.25) is 4.90 Å². The lowest BCUT2D eigenvalue weighted by Crippen LogP contribution is -2.39. The Morgan fingerprint density at radius 2 is 1.43 bits per heavy atom. The van der Waals surface area contributed by atoms with Crippen molar-refractivity contribution >= 4 is 0 Å². The van der Waals surface area contributed by atoms with E-state index in [1.165, 1.54) is 25.7 Å².